The van der Waals surface area contributed by atoms with E-state index in [9.17, 15) is 14.0 Å². The molecule has 30 heavy (non-hydrogen) atoms. The van der Waals surface area contributed by atoms with E-state index < -0.39 is 5.82 Å². The molecule has 0 saturated heterocycles. The number of benzene rings is 1. The van der Waals surface area contributed by atoms with Crippen molar-refractivity contribution in [3.05, 3.63) is 69.1 Å². The van der Waals surface area contributed by atoms with E-state index in [1.807, 2.05) is 11.8 Å². The molecule has 0 aliphatic carbocycles. The molecule has 154 valence electrons. The van der Waals surface area contributed by atoms with Crippen molar-refractivity contribution < 1.29 is 14.0 Å². The van der Waals surface area contributed by atoms with E-state index in [4.69, 9.17) is 0 Å². The van der Waals surface area contributed by atoms with Crippen molar-refractivity contribution in [3.63, 3.8) is 0 Å². The van der Waals surface area contributed by atoms with E-state index in [2.05, 4.69) is 16.4 Å². The third kappa shape index (κ3) is 3.93. The van der Waals surface area contributed by atoms with Gasteiger partial charge in [0.2, 0.25) is 11.8 Å². The summed E-state index contributed by atoms with van der Waals surface area (Å²) in [6.45, 7) is 4.09. The van der Waals surface area contributed by atoms with E-state index in [-0.39, 0.29) is 23.5 Å². The van der Waals surface area contributed by atoms with Gasteiger partial charge in [0.25, 0.3) is 0 Å². The SMILES string of the molecule is CC(=O)N(c1nc(/C=C/C(=O)N2CCc3sccc3C2C)cs1)c1ccccc1F. The molecular weight excluding hydrogens is 421 g/mol. The average molecular weight is 442 g/mol. The molecule has 3 heterocycles. The van der Waals surface area contributed by atoms with Crippen LogP contribution in [0.4, 0.5) is 15.2 Å². The topological polar surface area (TPSA) is 53.5 Å². The molecule has 4 rings (SSSR count). The number of hydrogen-bond donors (Lipinski definition) is 0. The molecule has 1 aliphatic heterocycles. The molecule has 0 fully saturated rings. The molecule has 0 saturated carbocycles. The Morgan fingerprint density at radius 3 is 2.83 bits per heavy atom. The fourth-order valence-corrected chi connectivity index (χ4v) is 5.37. The molecule has 0 bridgehead atoms. The first-order valence-corrected chi connectivity index (χ1v) is 11.3. The quantitative estimate of drug-likeness (QED) is 0.524. The van der Waals surface area contributed by atoms with Crippen LogP contribution in [0.1, 0.15) is 36.0 Å². The zero-order valence-corrected chi connectivity index (χ0v) is 18.2. The summed E-state index contributed by atoms with van der Waals surface area (Å²) in [5.74, 6) is -0.914. The van der Waals surface area contributed by atoms with Gasteiger partial charge in [0, 0.05) is 29.8 Å². The predicted molar refractivity (Wildman–Crippen MR) is 119 cm³/mol. The number of carbonyl (C=O) groups is 2. The van der Waals surface area contributed by atoms with E-state index in [0.717, 1.165) is 6.42 Å². The number of carbonyl (C=O) groups excluding carboxylic acids is 2. The van der Waals surface area contributed by atoms with Crippen molar-refractivity contribution in [2.45, 2.75) is 26.3 Å². The second kappa shape index (κ2) is 8.49. The van der Waals surface area contributed by atoms with Crippen molar-refractivity contribution in [3.8, 4) is 0 Å². The normalized spacial score (nSPS) is 16.0. The van der Waals surface area contributed by atoms with Gasteiger partial charge in [-0.2, -0.15) is 0 Å². The highest BCUT2D eigenvalue weighted by molar-refractivity contribution is 7.14. The summed E-state index contributed by atoms with van der Waals surface area (Å²) in [6, 6.07) is 8.20. The van der Waals surface area contributed by atoms with Crippen LogP contribution in [0.5, 0.6) is 0 Å². The van der Waals surface area contributed by atoms with E-state index >= 15 is 0 Å². The number of fused-ring (bicyclic) bond motifs is 1. The lowest BCUT2D eigenvalue weighted by atomic mass is 10.0. The third-order valence-electron chi connectivity index (χ3n) is 5.07. The van der Waals surface area contributed by atoms with Gasteiger partial charge in [-0.15, -0.1) is 22.7 Å². The molecule has 1 aromatic carbocycles. The maximum Gasteiger partial charge on any atom is 0.247 e. The maximum atomic E-state index is 14.2. The number of amides is 2. The molecule has 2 amide bonds. The summed E-state index contributed by atoms with van der Waals surface area (Å²) < 4.78 is 14.2. The standard InChI is InChI=1S/C22H20FN3O2S2/c1-14-17-10-12-29-20(17)9-11-25(14)21(28)8-7-16-13-30-22(24-16)26(15(2)27)19-6-4-3-5-18(19)23/h3-8,10,12-14H,9,11H2,1-2H3/b8-7+. The van der Waals surface area contributed by atoms with Crippen LogP contribution in [0.15, 0.2) is 47.2 Å². The summed E-state index contributed by atoms with van der Waals surface area (Å²) >= 11 is 2.96. The van der Waals surface area contributed by atoms with Gasteiger partial charge < -0.3 is 4.90 Å². The lowest BCUT2D eigenvalue weighted by Gasteiger charge is -2.32. The van der Waals surface area contributed by atoms with Gasteiger partial charge in [0.1, 0.15) is 5.82 Å². The number of halogens is 1. The zero-order valence-electron chi connectivity index (χ0n) is 16.5. The highest BCUT2D eigenvalue weighted by Gasteiger charge is 2.27. The van der Waals surface area contributed by atoms with Crippen LogP contribution in [0.2, 0.25) is 0 Å². The molecule has 1 unspecified atom stereocenters. The first-order chi connectivity index (χ1) is 14.5. The number of thiazole rings is 1. The lowest BCUT2D eigenvalue weighted by molar-refractivity contribution is -0.128. The number of rotatable bonds is 4. The monoisotopic (exact) mass is 441 g/mol. The van der Waals surface area contributed by atoms with Gasteiger partial charge in [-0.1, -0.05) is 12.1 Å². The minimum Gasteiger partial charge on any atom is -0.332 e. The summed E-state index contributed by atoms with van der Waals surface area (Å²) in [4.78, 5) is 33.7. The smallest absolute Gasteiger partial charge is 0.247 e. The Kier molecular flexibility index (Phi) is 5.78. The van der Waals surface area contributed by atoms with Gasteiger partial charge in [-0.3, -0.25) is 14.5 Å². The number of aromatic nitrogens is 1. The Labute approximate surface area is 182 Å². The van der Waals surface area contributed by atoms with Crippen LogP contribution in [0.25, 0.3) is 6.08 Å². The molecule has 0 spiro atoms. The summed E-state index contributed by atoms with van der Waals surface area (Å²) in [5, 5.41) is 4.17. The molecule has 1 atom stereocenters. The molecule has 0 radical (unpaired) electrons. The summed E-state index contributed by atoms with van der Waals surface area (Å²) in [6.07, 6.45) is 4.01. The first-order valence-electron chi connectivity index (χ1n) is 9.51. The van der Waals surface area contributed by atoms with Gasteiger partial charge in [-0.25, -0.2) is 9.37 Å². The summed E-state index contributed by atoms with van der Waals surface area (Å²) in [5.41, 5.74) is 1.91. The molecule has 3 aromatic rings. The van der Waals surface area contributed by atoms with Crippen LogP contribution >= 0.6 is 22.7 Å². The molecule has 2 aromatic heterocycles. The fraction of sp³-hybridized carbons (Fsp3) is 0.227. The van der Waals surface area contributed by atoms with Crippen LogP contribution in [0, 0.1) is 5.82 Å². The minimum absolute atomic E-state index is 0.0393. The average Bonchev–Trinajstić information content (AvgIpc) is 3.38. The molecular formula is C22H20FN3O2S2. The zero-order chi connectivity index (χ0) is 21.3. The van der Waals surface area contributed by atoms with Crippen molar-refractivity contribution >= 4 is 51.4 Å². The van der Waals surface area contributed by atoms with Crippen molar-refractivity contribution in [1.82, 2.24) is 9.88 Å². The van der Waals surface area contributed by atoms with E-state index in [0.29, 0.717) is 17.4 Å². The van der Waals surface area contributed by atoms with Gasteiger partial charge in [-0.05, 0) is 48.6 Å². The number of nitrogens with zero attached hydrogens (tertiary/aromatic N) is 3. The Morgan fingerprint density at radius 2 is 2.07 bits per heavy atom. The highest BCUT2D eigenvalue weighted by atomic mass is 32.1. The number of hydrogen-bond acceptors (Lipinski definition) is 5. The fourth-order valence-electron chi connectivity index (χ4n) is 3.56. The van der Waals surface area contributed by atoms with E-state index in [1.54, 1.807) is 34.9 Å². The minimum atomic E-state index is -0.498. The Balaban J connectivity index is 1.51. The van der Waals surface area contributed by atoms with Gasteiger partial charge in [0.15, 0.2) is 5.13 Å². The molecule has 0 N–H and O–H groups in total. The maximum absolute atomic E-state index is 14.2. The number of thiophene rings is 1. The first kappa shape index (κ1) is 20.4. The molecule has 5 nitrogen and oxygen atoms in total. The van der Waals surface area contributed by atoms with Crippen molar-refractivity contribution in [2.75, 3.05) is 11.4 Å². The highest BCUT2D eigenvalue weighted by Crippen LogP contribution is 2.33. The van der Waals surface area contributed by atoms with Crippen LogP contribution in [-0.4, -0.2) is 28.2 Å². The van der Waals surface area contributed by atoms with Gasteiger partial charge in [0.05, 0.1) is 17.4 Å². The van der Waals surface area contributed by atoms with Crippen LogP contribution in [-0.2, 0) is 16.0 Å². The van der Waals surface area contributed by atoms with Crippen LogP contribution in [0.3, 0.4) is 0 Å². The Morgan fingerprint density at radius 1 is 1.27 bits per heavy atom. The third-order valence-corrected chi connectivity index (χ3v) is 6.91. The number of para-hydroxylation sites is 1. The number of anilines is 2. The summed E-state index contributed by atoms with van der Waals surface area (Å²) in [7, 11) is 0. The lowest BCUT2D eigenvalue weighted by Crippen LogP contribution is -2.37. The molecule has 1 aliphatic rings. The van der Waals surface area contributed by atoms with Crippen molar-refractivity contribution in [1.29, 1.82) is 0 Å². The van der Waals surface area contributed by atoms with Crippen molar-refractivity contribution in [2.24, 2.45) is 0 Å². The second-order valence-electron chi connectivity index (χ2n) is 6.95. The Hall–Kier alpha value is -2.84. The van der Waals surface area contributed by atoms with Gasteiger partial charge >= 0.3 is 0 Å². The molecule has 8 heteroatoms. The predicted octanol–water partition coefficient (Wildman–Crippen LogP) is 5.19. The second-order valence-corrected chi connectivity index (χ2v) is 8.79. The Bertz CT molecular complexity index is 1120. The largest absolute Gasteiger partial charge is 0.332 e. The van der Waals surface area contributed by atoms with Crippen LogP contribution < -0.4 is 4.90 Å². The van der Waals surface area contributed by atoms with E-state index in [1.165, 1.54) is 51.8 Å².